The standard InChI is InChI=1S/C17H24Cl2N2O/c1-11-5-3-6-13(9-11)21-17(22)20-10-12(2)16-14(18)7-4-8-15(16)19/h4,7-8,11-13H,3,5-6,9-10H2,1-2H3,(H2,20,21,22). The first-order chi connectivity index (χ1) is 10.5. The van der Waals surface area contributed by atoms with Crippen molar-refractivity contribution in [2.24, 2.45) is 5.92 Å². The van der Waals surface area contributed by atoms with Crippen LogP contribution in [0.15, 0.2) is 18.2 Å². The van der Waals surface area contributed by atoms with Crippen LogP contribution in [-0.4, -0.2) is 18.6 Å². The highest BCUT2D eigenvalue weighted by Crippen LogP contribution is 2.31. The number of carbonyl (C=O) groups is 1. The van der Waals surface area contributed by atoms with E-state index in [0.717, 1.165) is 18.4 Å². The molecule has 5 heteroatoms. The number of amides is 2. The lowest BCUT2D eigenvalue weighted by Crippen LogP contribution is -2.44. The lowest BCUT2D eigenvalue weighted by atomic mass is 9.87. The molecule has 2 N–H and O–H groups in total. The fraction of sp³-hybridized carbons (Fsp3) is 0.588. The Morgan fingerprint density at radius 3 is 2.64 bits per heavy atom. The van der Waals surface area contributed by atoms with Gasteiger partial charge in [0.2, 0.25) is 0 Å². The van der Waals surface area contributed by atoms with Crippen molar-refractivity contribution in [3.63, 3.8) is 0 Å². The summed E-state index contributed by atoms with van der Waals surface area (Å²) in [5.41, 5.74) is 0.887. The molecule has 0 radical (unpaired) electrons. The van der Waals surface area contributed by atoms with Crippen molar-refractivity contribution in [1.29, 1.82) is 0 Å². The number of hydrogen-bond acceptors (Lipinski definition) is 1. The lowest BCUT2D eigenvalue weighted by molar-refractivity contribution is 0.227. The predicted molar refractivity (Wildman–Crippen MR) is 92.8 cm³/mol. The maximum atomic E-state index is 12.0. The Balaban J connectivity index is 1.83. The van der Waals surface area contributed by atoms with Crippen molar-refractivity contribution in [3.8, 4) is 0 Å². The molecule has 0 saturated heterocycles. The molecule has 1 saturated carbocycles. The third-order valence-corrected chi connectivity index (χ3v) is 4.99. The zero-order chi connectivity index (χ0) is 16.1. The van der Waals surface area contributed by atoms with Gasteiger partial charge in [0.1, 0.15) is 0 Å². The van der Waals surface area contributed by atoms with E-state index in [4.69, 9.17) is 23.2 Å². The van der Waals surface area contributed by atoms with Crippen molar-refractivity contribution in [2.45, 2.75) is 51.5 Å². The first-order valence-corrected chi connectivity index (χ1v) is 8.71. The average molecular weight is 343 g/mol. The maximum absolute atomic E-state index is 12.0. The maximum Gasteiger partial charge on any atom is 0.315 e. The second-order valence-corrected chi connectivity index (χ2v) is 7.17. The van der Waals surface area contributed by atoms with Crippen LogP contribution < -0.4 is 10.6 Å². The van der Waals surface area contributed by atoms with Crippen LogP contribution in [0.1, 0.15) is 51.0 Å². The zero-order valence-corrected chi connectivity index (χ0v) is 14.7. The summed E-state index contributed by atoms with van der Waals surface area (Å²) in [4.78, 5) is 12.0. The minimum Gasteiger partial charge on any atom is -0.338 e. The molecule has 122 valence electrons. The Kier molecular flexibility index (Phi) is 6.39. The van der Waals surface area contributed by atoms with Gasteiger partial charge in [-0.15, -0.1) is 0 Å². The van der Waals surface area contributed by atoms with Gasteiger partial charge in [-0.2, -0.15) is 0 Å². The largest absolute Gasteiger partial charge is 0.338 e. The van der Waals surface area contributed by atoms with Crippen LogP contribution in [0, 0.1) is 5.92 Å². The van der Waals surface area contributed by atoms with Crippen molar-refractivity contribution in [3.05, 3.63) is 33.8 Å². The Morgan fingerprint density at radius 1 is 1.32 bits per heavy atom. The van der Waals surface area contributed by atoms with E-state index >= 15 is 0 Å². The zero-order valence-electron chi connectivity index (χ0n) is 13.2. The first kappa shape index (κ1) is 17.4. The van der Waals surface area contributed by atoms with Crippen molar-refractivity contribution < 1.29 is 4.79 Å². The lowest BCUT2D eigenvalue weighted by Gasteiger charge is -2.27. The Bertz CT molecular complexity index is 501. The summed E-state index contributed by atoms with van der Waals surface area (Å²) < 4.78 is 0. The number of nitrogens with one attached hydrogen (secondary N) is 2. The van der Waals surface area contributed by atoms with Crippen LogP contribution in [0.2, 0.25) is 10.0 Å². The summed E-state index contributed by atoms with van der Waals surface area (Å²) in [5.74, 6) is 0.761. The topological polar surface area (TPSA) is 41.1 Å². The minimum atomic E-state index is -0.103. The number of benzene rings is 1. The molecule has 0 spiro atoms. The summed E-state index contributed by atoms with van der Waals surface area (Å²) in [6, 6.07) is 5.66. The molecule has 0 heterocycles. The number of carbonyl (C=O) groups excluding carboxylic acids is 1. The molecule has 1 fully saturated rings. The summed E-state index contributed by atoms with van der Waals surface area (Å²) in [6.45, 7) is 4.76. The molecule has 3 atom stereocenters. The quantitative estimate of drug-likeness (QED) is 0.796. The Morgan fingerprint density at radius 2 is 2.00 bits per heavy atom. The van der Waals surface area contributed by atoms with Gasteiger partial charge in [-0.1, -0.05) is 56.0 Å². The fourth-order valence-electron chi connectivity index (χ4n) is 3.13. The van der Waals surface area contributed by atoms with Gasteiger partial charge in [0, 0.05) is 28.5 Å². The van der Waals surface area contributed by atoms with E-state index in [2.05, 4.69) is 17.6 Å². The Labute approximate surface area is 142 Å². The molecule has 1 aromatic rings. The molecule has 1 aliphatic carbocycles. The molecule has 1 aliphatic rings. The number of urea groups is 1. The highest BCUT2D eigenvalue weighted by molar-refractivity contribution is 6.36. The minimum absolute atomic E-state index is 0.0669. The second kappa shape index (κ2) is 8.07. The van der Waals surface area contributed by atoms with E-state index in [1.807, 2.05) is 25.1 Å². The summed E-state index contributed by atoms with van der Waals surface area (Å²) in [6.07, 6.45) is 4.60. The first-order valence-electron chi connectivity index (χ1n) is 7.95. The molecule has 0 bridgehead atoms. The SMILES string of the molecule is CC1CCCC(NC(=O)NCC(C)c2c(Cl)cccc2Cl)C1. The van der Waals surface area contributed by atoms with Gasteiger partial charge in [0.15, 0.2) is 0 Å². The van der Waals surface area contributed by atoms with E-state index in [-0.39, 0.29) is 11.9 Å². The summed E-state index contributed by atoms with van der Waals surface area (Å²) >= 11 is 12.4. The fourth-order valence-corrected chi connectivity index (χ4v) is 3.90. The molecule has 1 aromatic carbocycles. The normalized spacial score (nSPS) is 22.9. The van der Waals surface area contributed by atoms with Gasteiger partial charge in [-0.25, -0.2) is 4.79 Å². The number of hydrogen-bond donors (Lipinski definition) is 2. The van der Waals surface area contributed by atoms with E-state index < -0.39 is 0 Å². The summed E-state index contributed by atoms with van der Waals surface area (Å²) in [7, 11) is 0. The third kappa shape index (κ3) is 4.79. The van der Waals surface area contributed by atoms with Crippen LogP contribution in [0.4, 0.5) is 4.79 Å². The van der Waals surface area contributed by atoms with E-state index in [9.17, 15) is 4.79 Å². The molecule has 22 heavy (non-hydrogen) atoms. The van der Waals surface area contributed by atoms with Gasteiger partial charge < -0.3 is 10.6 Å². The molecule has 2 rings (SSSR count). The Hall–Kier alpha value is -0.930. The van der Waals surface area contributed by atoms with Crippen LogP contribution in [-0.2, 0) is 0 Å². The van der Waals surface area contributed by atoms with Crippen molar-refractivity contribution >= 4 is 29.2 Å². The smallest absolute Gasteiger partial charge is 0.315 e. The van der Waals surface area contributed by atoms with Gasteiger partial charge in [-0.05, 0) is 36.5 Å². The van der Waals surface area contributed by atoms with E-state index in [1.165, 1.54) is 12.8 Å². The molecule has 0 aromatic heterocycles. The molecule has 2 amide bonds. The molecular formula is C17H24Cl2N2O. The second-order valence-electron chi connectivity index (χ2n) is 6.36. The molecule has 0 aliphatic heterocycles. The van der Waals surface area contributed by atoms with Crippen LogP contribution in [0.3, 0.4) is 0 Å². The van der Waals surface area contributed by atoms with E-state index in [1.54, 1.807) is 0 Å². The van der Waals surface area contributed by atoms with Crippen molar-refractivity contribution in [2.75, 3.05) is 6.54 Å². The number of halogens is 2. The van der Waals surface area contributed by atoms with Crippen LogP contribution in [0.25, 0.3) is 0 Å². The van der Waals surface area contributed by atoms with Gasteiger partial charge >= 0.3 is 6.03 Å². The van der Waals surface area contributed by atoms with Crippen LogP contribution in [0.5, 0.6) is 0 Å². The van der Waals surface area contributed by atoms with Gasteiger partial charge in [0.25, 0.3) is 0 Å². The monoisotopic (exact) mass is 342 g/mol. The third-order valence-electron chi connectivity index (χ3n) is 4.33. The highest BCUT2D eigenvalue weighted by Gasteiger charge is 2.21. The number of rotatable bonds is 4. The van der Waals surface area contributed by atoms with Crippen LogP contribution >= 0.6 is 23.2 Å². The molecule has 3 unspecified atom stereocenters. The molecule has 3 nitrogen and oxygen atoms in total. The van der Waals surface area contributed by atoms with Crippen molar-refractivity contribution in [1.82, 2.24) is 10.6 Å². The predicted octanol–water partition coefficient (Wildman–Crippen LogP) is 4.97. The summed E-state index contributed by atoms with van der Waals surface area (Å²) in [5, 5.41) is 7.28. The highest BCUT2D eigenvalue weighted by atomic mass is 35.5. The van der Waals surface area contributed by atoms with Gasteiger partial charge in [0.05, 0.1) is 0 Å². The van der Waals surface area contributed by atoms with Gasteiger partial charge in [-0.3, -0.25) is 0 Å². The van der Waals surface area contributed by atoms with E-state index in [0.29, 0.717) is 28.5 Å². The molecular weight excluding hydrogens is 319 g/mol. The average Bonchev–Trinajstić information content (AvgIpc) is 2.45.